The van der Waals surface area contributed by atoms with E-state index in [0.717, 1.165) is 44.9 Å². The maximum atomic E-state index is 12.8. The highest BCUT2D eigenvalue weighted by Crippen LogP contribution is 2.72. The lowest BCUT2D eigenvalue weighted by Crippen LogP contribution is -2.54. The number of carboxylic acid groups (broad SMARTS) is 2. The molecule has 6 atom stereocenters. The molecule has 35 heavy (non-hydrogen) atoms. The molecule has 0 aromatic heterocycles. The van der Waals surface area contributed by atoms with Gasteiger partial charge in [0.05, 0.1) is 5.92 Å². The Hall–Kier alpha value is -1.91. The average molecular weight is 485 g/mol. The second-order valence-corrected chi connectivity index (χ2v) is 13.2. The van der Waals surface area contributed by atoms with E-state index in [1.165, 1.54) is 0 Å². The molecule has 4 rings (SSSR count). The number of fused-ring (bicyclic) bond motifs is 4. The van der Waals surface area contributed by atoms with Gasteiger partial charge in [-0.05, 0) is 92.8 Å². The maximum Gasteiger partial charge on any atom is 0.330 e. The van der Waals surface area contributed by atoms with Crippen molar-refractivity contribution in [1.82, 2.24) is 0 Å². The zero-order valence-electron chi connectivity index (χ0n) is 22.5. The molecule has 0 heterocycles. The molecular formula is C30H44O5. The molecule has 194 valence electrons. The molecule has 5 nitrogen and oxygen atoms in total. The molecule has 4 aliphatic carbocycles. The molecule has 2 N–H and O–H groups in total. The number of aliphatic carboxylic acids is 2. The normalized spacial score (nSPS) is 39.5. The van der Waals surface area contributed by atoms with Gasteiger partial charge in [0.25, 0.3) is 0 Å². The first kappa shape index (κ1) is 26.2. The topological polar surface area (TPSA) is 91.7 Å². The van der Waals surface area contributed by atoms with E-state index in [1.54, 1.807) is 24.1 Å². The Morgan fingerprint density at radius 2 is 1.66 bits per heavy atom. The second-order valence-electron chi connectivity index (χ2n) is 13.2. The van der Waals surface area contributed by atoms with Crippen LogP contribution in [0, 0.1) is 39.4 Å². The number of carbonyl (C=O) groups is 3. The summed E-state index contributed by atoms with van der Waals surface area (Å²) in [4.78, 5) is 36.4. The quantitative estimate of drug-likeness (QED) is 0.319. The summed E-state index contributed by atoms with van der Waals surface area (Å²) in [6, 6.07) is 0. The van der Waals surface area contributed by atoms with Crippen molar-refractivity contribution in [3.63, 3.8) is 0 Å². The first-order valence-corrected chi connectivity index (χ1v) is 13.6. The van der Waals surface area contributed by atoms with Crippen molar-refractivity contribution in [1.29, 1.82) is 0 Å². The number of carboxylic acids is 2. The lowest BCUT2D eigenvalue weighted by atomic mass is 9.43. The molecule has 0 radical (unpaired) electrons. The Kier molecular flexibility index (Phi) is 6.42. The average Bonchev–Trinajstić information content (AvgIpc) is 3.05. The Morgan fingerprint density at radius 3 is 2.29 bits per heavy atom. The SMILES string of the molecule is C/C(=C\CCC(C(=O)O)C1CCC2(C)C3=C(CCC12C)C1(C)CCC(=O)C(C)(C)C1CC3)C(=O)O. The van der Waals surface area contributed by atoms with E-state index in [-0.39, 0.29) is 33.2 Å². The Bertz CT molecular complexity index is 1000. The van der Waals surface area contributed by atoms with Gasteiger partial charge in [-0.15, -0.1) is 0 Å². The summed E-state index contributed by atoms with van der Waals surface area (Å²) in [6.07, 6.45) is 10.3. The molecule has 5 heteroatoms. The van der Waals surface area contributed by atoms with E-state index in [0.29, 0.717) is 31.0 Å². The van der Waals surface area contributed by atoms with Crippen molar-refractivity contribution in [2.45, 2.75) is 106 Å². The molecule has 0 saturated heterocycles. The van der Waals surface area contributed by atoms with Gasteiger partial charge in [-0.1, -0.05) is 51.8 Å². The van der Waals surface area contributed by atoms with Crippen LogP contribution in [0.1, 0.15) is 106 Å². The minimum atomic E-state index is -0.944. The highest BCUT2D eigenvalue weighted by Gasteiger charge is 2.64. The van der Waals surface area contributed by atoms with Crippen LogP contribution in [0.3, 0.4) is 0 Å². The van der Waals surface area contributed by atoms with Crippen molar-refractivity contribution < 1.29 is 24.6 Å². The minimum absolute atomic E-state index is 0.00858. The van der Waals surface area contributed by atoms with E-state index >= 15 is 0 Å². The number of allylic oxidation sites excluding steroid dienone is 3. The third-order valence-electron chi connectivity index (χ3n) is 11.6. The molecule has 0 aromatic rings. The summed E-state index contributed by atoms with van der Waals surface area (Å²) in [7, 11) is 0. The van der Waals surface area contributed by atoms with Crippen molar-refractivity contribution >= 4 is 17.7 Å². The summed E-state index contributed by atoms with van der Waals surface area (Å²) < 4.78 is 0. The van der Waals surface area contributed by atoms with Crippen LogP contribution < -0.4 is 0 Å². The summed E-state index contributed by atoms with van der Waals surface area (Å²) in [6.45, 7) is 13.0. The minimum Gasteiger partial charge on any atom is -0.481 e. The summed E-state index contributed by atoms with van der Waals surface area (Å²) in [5.74, 6) is -1.26. The molecule has 2 fully saturated rings. The number of ketones is 1. The number of hydrogen-bond acceptors (Lipinski definition) is 3. The molecular weight excluding hydrogens is 440 g/mol. The standard InChI is InChI=1S/C30H44O5/c1-18(25(32)33)8-7-9-19(26(34)35)20-12-16-30(6)22-10-11-23-27(2,3)24(31)14-15-28(23,4)21(22)13-17-29(20,30)5/h8,19-20,23H,7,9-17H2,1-6H3,(H,32,33)(H,34,35)/b18-8+. The molecule has 0 bridgehead atoms. The van der Waals surface area contributed by atoms with Gasteiger partial charge in [0.2, 0.25) is 0 Å². The van der Waals surface area contributed by atoms with Gasteiger partial charge in [0, 0.05) is 17.4 Å². The molecule has 0 aliphatic heterocycles. The van der Waals surface area contributed by atoms with E-state index in [2.05, 4.69) is 34.6 Å². The number of hydrogen-bond donors (Lipinski definition) is 2. The smallest absolute Gasteiger partial charge is 0.330 e. The van der Waals surface area contributed by atoms with Gasteiger partial charge in [-0.25, -0.2) is 4.79 Å². The van der Waals surface area contributed by atoms with E-state index in [9.17, 15) is 19.5 Å². The van der Waals surface area contributed by atoms with Gasteiger partial charge in [-0.2, -0.15) is 0 Å². The first-order valence-electron chi connectivity index (χ1n) is 13.6. The summed E-state index contributed by atoms with van der Waals surface area (Å²) in [5.41, 5.74) is 3.17. The van der Waals surface area contributed by atoms with Crippen LogP contribution in [-0.2, 0) is 14.4 Å². The van der Waals surface area contributed by atoms with Crippen LogP contribution >= 0.6 is 0 Å². The molecule has 0 spiro atoms. The first-order chi connectivity index (χ1) is 16.2. The summed E-state index contributed by atoms with van der Waals surface area (Å²) >= 11 is 0. The van der Waals surface area contributed by atoms with Crippen LogP contribution in [0.2, 0.25) is 0 Å². The van der Waals surface area contributed by atoms with Crippen LogP contribution in [0.5, 0.6) is 0 Å². The van der Waals surface area contributed by atoms with Gasteiger partial charge < -0.3 is 10.2 Å². The number of carbonyl (C=O) groups excluding carboxylic acids is 1. The van der Waals surface area contributed by atoms with E-state index < -0.39 is 17.9 Å². The van der Waals surface area contributed by atoms with Gasteiger partial charge in [0.1, 0.15) is 5.78 Å². The predicted octanol–water partition coefficient (Wildman–Crippen LogP) is 6.82. The van der Waals surface area contributed by atoms with Crippen LogP contribution in [-0.4, -0.2) is 27.9 Å². The molecule has 6 unspecified atom stereocenters. The number of Topliss-reactive ketones (excluding diaryl/α,β-unsaturated/α-hetero) is 1. The molecule has 4 aliphatic rings. The maximum absolute atomic E-state index is 12.8. The molecule has 0 aromatic carbocycles. The Morgan fingerprint density at radius 1 is 0.971 bits per heavy atom. The Balaban J connectivity index is 1.66. The Labute approximate surface area is 210 Å². The zero-order valence-corrected chi connectivity index (χ0v) is 22.5. The van der Waals surface area contributed by atoms with Crippen molar-refractivity contribution in [3.05, 3.63) is 22.8 Å². The van der Waals surface area contributed by atoms with E-state index in [1.807, 2.05) is 0 Å². The van der Waals surface area contributed by atoms with Crippen molar-refractivity contribution in [3.8, 4) is 0 Å². The fourth-order valence-electron chi connectivity index (χ4n) is 9.24. The zero-order chi connectivity index (χ0) is 26.0. The second kappa shape index (κ2) is 8.59. The third kappa shape index (κ3) is 3.74. The van der Waals surface area contributed by atoms with Gasteiger partial charge >= 0.3 is 11.9 Å². The van der Waals surface area contributed by atoms with Gasteiger partial charge in [-0.3, -0.25) is 9.59 Å². The third-order valence-corrected chi connectivity index (χ3v) is 11.6. The number of rotatable bonds is 6. The van der Waals surface area contributed by atoms with Gasteiger partial charge in [0.15, 0.2) is 0 Å². The highest BCUT2D eigenvalue weighted by atomic mass is 16.4. The largest absolute Gasteiger partial charge is 0.481 e. The highest BCUT2D eigenvalue weighted by molar-refractivity contribution is 5.86. The molecule has 2 saturated carbocycles. The van der Waals surface area contributed by atoms with Crippen LogP contribution in [0.4, 0.5) is 0 Å². The fraction of sp³-hybridized carbons (Fsp3) is 0.767. The van der Waals surface area contributed by atoms with Crippen molar-refractivity contribution in [2.75, 3.05) is 0 Å². The summed E-state index contributed by atoms with van der Waals surface area (Å²) in [5, 5.41) is 19.4. The van der Waals surface area contributed by atoms with Crippen LogP contribution in [0.25, 0.3) is 0 Å². The van der Waals surface area contributed by atoms with E-state index in [4.69, 9.17) is 5.11 Å². The predicted molar refractivity (Wildman–Crippen MR) is 136 cm³/mol. The van der Waals surface area contributed by atoms with Crippen molar-refractivity contribution in [2.24, 2.45) is 39.4 Å². The monoisotopic (exact) mass is 484 g/mol. The molecule has 0 amide bonds. The lowest BCUT2D eigenvalue weighted by Gasteiger charge is -2.60. The fourth-order valence-corrected chi connectivity index (χ4v) is 9.24. The van der Waals surface area contributed by atoms with Crippen LogP contribution in [0.15, 0.2) is 22.8 Å². The lowest BCUT2D eigenvalue weighted by molar-refractivity contribution is -0.146.